The first-order chi connectivity index (χ1) is 7.24. The van der Waals surface area contributed by atoms with Crippen molar-refractivity contribution in [1.29, 1.82) is 0 Å². The second-order valence-electron chi connectivity index (χ2n) is 3.50. The Bertz CT molecular complexity index is 467. The van der Waals surface area contributed by atoms with E-state index in [1.807, 2.05) is 0 Å². The van der Waals surface area contributed by atoms with Gasteiger partial charge in [0.2, 0.25) is 0 Å². The van der Waals surface area contributed by atoms with Gasteiger partial charge in [0.15, 0.2) is 0 Å². The van der Waals surface area contributed by atoms with Crippen LogP contribution >= 0.6 is 0 Å². The van der Waals surface area contributed by atoms with E-state index in [4.69, 9.17) is 5.73 Å². The molecule has 2 aromatic rings. The molecule has 1 aromatic heterocycles. The van der Waals surface area contributed by atoms with Crippen molar-refractivity contribution in [3.63, 3.8) is 0 Å². The Labute approximate surface area is 86.7 Å². The summed E-state index contributed by atoms with van der Waals surface area (Å²) in [5.41, 5.74) is 6.63. The van der Waals surface area contributed by atoms with E-state index in [0.717, 1.165) is 0 Å². The Hall–Kier alpha value is -1.39. The fourth-order valence-electron chi connectivity index (χ4n) is 1.74. The second kappa shape index (κ2) is 4.00. The average molecular weight is 208 g/mol. The summed E-state index contributed by atoms with van der Waals surface area (Å²) in [4.78, 5) is 2.93. The van der Waals surface area contributed by atoms with E-state index in [2.05, 4.69) is 4.98 Å². The number of hydrogen-bond acceptors (Lipinski definition) is 2. The molecule has 0 saturated heterocycles. The number of halogens is 1. The van der Waals surface area contributed by atoms with Gasteiger partial charge in [0.1, 0.15) is 5.82 Å². The zero-order valence-electron chi connectivity index (χ0n) is 8.20. The van der Waals surface area contributed by atoms with Crippen molar-refractivity contribution in [3.05, 3.63) is 35.8 Å². The van der Waals surface area contributed by atoms with E-state index in [9.17, 15) is 9.50 Å². The molecule has 0 aliphatic carbocycles. The molecule has 3 nitrogen and oxygen atoms in total. The van der Waals surface area contributed by atoms with Gasteiger partial charge in [-0.1, -0.05) is 6.07 Å². The van der Waals surface area contributed by atoms with Crippen LogP contribution < -0.4 is 5.73 Å². The van der Waals surface area contributed by atoms with Gasteiger partial charge in [-0.25, -0.2) is 4.39 Å². The first-order valence-corrected chi connectivity index (χ1v) is 4.87. The maximum atomic E-state index is 13.5. The van der Waals surface area contributed by atoms with Crippen LogP contribution in [0.1, 0.15) is 18.1 Å². The lowest BCUT2D eigenvalue weighted by Gasteiger charge is -2.07. The lowest BCUT2D eigenvalue weighted by atomic mass is 10.1. The minimum atomic E-state index is -0.708. The molecule has 4 N–H and O–H groups in total. The summed E-state index contributed by atoms with van der Waals surface area (Å²) in [5.74, 6) is -0.320. The summed E-state index contributed by atoms with van der Waals surface area (Å²) >= 11 is 0. The molecular formula is C11H13FN2O. The van der Waals surface area contributed by atoms with E-state index in [1.165, 1.54) is 6.07 Å². The van der Waals surface area contributed by atoms with Crippen LogP contribution in [0.5, 0.6) is 0 Å². The van der Waals surface area contributed by atoms with Crippen molar-refractivity contribution in [2.24, 2.45) is 5.73 Å². The number of aromatic nitrogens is 1. The van der Waals surface area contributed by atoms with Crippen molar-refractivity contribution in [2.75, 3.05) is 6.54 Å². The zero-order chi connectivity index (χ0) is 10.8. The lowest BCUT2D eigenvalue weighted by Crippen LogP contribution is -2.06. The maximum absolute atomic E-state index is 13.5. The van der Waals surface area contributed by atoms with Crippen LogP contribution in [0.4, 0.5) is 4.39 Å². The smallest absolute Gasteiger partial charge is 0.132 e. The summed E-state index contributed by atoms with van der Waals surface area (Å²) in [6.45, 7) is 0.377. The molecule has 1 heterocycles. The molecule has 0 aliphatic rings. The molecule has 2 rings (SSSR count). The summed E-state index contributed by atoms with van der Waals surface area (Å²) in [7, 11) is 0. The van der Waals surface area contributed by atoms with Crippen molar-refractivity contribution in [1.82, 2.24) is 4.98 Å². The number of aromatic amines is 1. The van der Waals surface area contributed by atoms with Crippen LogP contribution in [0, 0.1) is 5.82 Å². The average Bonchev–Trinajstić information content (AvgIpc) is 2.63. The van der Waals surface area contributed by atoms with Gasteiger partial charge in [0, 0.05) is 22.7 Å². The first-order valence-electron chi connectivity index (χ1n) is 4.87. The van der Waals surface area contributed by atoms with Gasteiger partial charge in [0.05, 0.1) is 6.10 Å². The fourth-order valence-corrected chi connectivity index (χ4v) is 1.74. The molecule has 0 radical (unpaired) electrons. The summed E-state index contributed by atoms with van der Waals surface area (Å²) in [6, 6.07) is 4.79. The molecule has 4 heteroatoms. The van der Waals surface area contributed by atoms with Gasteiger partial charge < -0.3 is 15.8 Å². The number of aliphatic hydroxyl groups is 1. The highest BCUT2D eigenvalue weighted by Crippen LogP contribution is 2.27. The Balaban J connectivity index is 2.52. The first kappa shape index (κ1) is 10.1. The molecule has 15 heavy (non-hydrogen) atoms. The molecule has 0 fully saturated rings. The van der Waals surface area contributed by atoms with Gasteiger partial charge in [-0.3, -0.25) is 0 Å². The molecule has 0 saturated carbocycles. The van der Waals surface area contributed by atoms with Crippen molar-refractivity contribution < 1.29 is 9.50 Å². The molecule has 80 valence electrons. The lowest BCUT2D eigenvalue weighted by molar-refractivity contribution is 0.171. The van der Waals surface area contributed by atoms with E-state index >= 15 is 0 Å². The monoisotopic (exact) mass is 208 g/mol. The highest BCUT2D eigenvalue weighted by atomic mass is 19.1. The highest BCUT2D eigenvalue weighted by molar-refractivity contribution is 5.84. The Morgan fingerprint density at radius 2 is 2.27 bits per heavy atom. The molecule has 1 unspecified atom stereocenters. The highest BCUT2D eigenvalue weighted by Gasteiger charge is 2.14. The van der Waals surface area contributed by atoms with Gasteiger partial charge >= 0.3 is 0 Å². The minimum absolute atomic E-state index is 0.320. The van der Waals surface area contributed by atoms with Crippen LogP contribution in [0.3, 0.4) is 0 Å². The van der Waals surface area contributed by atoms with Crippen LogP contribution in [0.15, 0.2) is 24.4 Å². The molecular weight excluding hydrogens is 195 g/mol. The van der Waals surface area contributed by atoms with Crippen molar-refractivity contribution in [2.45, 2.75) is 12.5 Å². The second-order valence-corrected chi connectivity index (χ2v) is 3.50. The molecule has 0 amide bonds. The van der Waals surface area contributed by atoms with Crippen molar-refractivity contribution in [3.8, 4) is 0 Å². The number of nitrogens with two attached hydrogens (primary N) is 1. The normalized spacial score (nSPS) is 13.3. The number of nitrogens with one attached hydrogen (secondary N) is 1. The van der Waals surface area contributed by atoms with Crippen LogP contribution in [0.25, 0.3) is 10.9 Å². The summed E-state index contributed by atoms with van der Waals surface area (Å²) in [5, 5.41) is 10.2. The van der Waals surface area contributed by atoms with Gasteiger partial charge in [0.25, 0.3) is 0 Å². The zero-order valence-corrected chi connectivity index (χ0v) is 8.20. The van der Waals surface area contributed by atoms with E-state index in [-0.39, 0.29) is 5.82 Å². The number of rotatable bonds is 3. The number of aliphatic hydroxyl groups excluding tert-OH is 1. The molecule has 0 spiro atoms. The Kier molecular flexibility index (Phi) is 2.70. The largest absolute Gasteiger partial charge is 0.388 e. The van der Waals surface area contributed by atoms with E-state index < -0.39 is 6.10 Å². The van der Waals surface area contributed by atoms with Crippen LogP contribution in [-0.2, 0) is 0 Å². The Morgan fingerprint density at radius 1 is 1.47 bits per heavy atom. The minimum Gasteiger partial charge on any atom is -0.388 e. The van der Waals surface area contributed by atoms with Crippen molar-refractivity contribution >= 4 is 10.9 Å². The third kappa shape index (κ3) is 1.73. The standard InChI is InChI=1S/C11H13FN2O/c12-8-2-1-3-9-11(8)7(6-14-9)10(15)4-5-13/h1-3,6,10,14-15H,4-5,13H2. The van der Waals surface area contributed by atoms with E-state index in [0.29, 0.717) is 29.4 Å². The SMILES string of the molecule is NCCC(O)c1c[nH]c2cccc(F)c12. The number of H-pyrrole nitrogens is 1. The predicted molar refractivity (Wildman–Crippen MR) is 56.9 cm³/mol. The summed E-state index contributed by atoms with van der Waals surface area (Å²) < 4.78 is 13.5. The van der Waals surface area contributed by atoms with Gasteiger partial charge in [-0.2, -0.15) is 0 Å². The number of hydrogen-bond donors (Lipinski definition) is 3. The molecule has 0 bridgehead atoms. The Morgan fingerprint density at radius 3 is 3.00 bits per heavy atom. The number of fused-ring (bicyclic) bond motifs is 1. The quantitative estimate of drug-likeness (QED) is 0.718. The molecule has 1 atom stereocenters. The third-order valence-corrected chi connectivity index (χ3v) is 2.48. The number of benzene rings is 1. The van der Waals surface area contributed by atoms with Gasteiger partial charge in [-0.15, -0.1) is 0 Å². The van der Waals surface area contributed by atoms with Crippen LogP contribution in [-0.4, -0.2) is 16.6 Å². The summed E-state index contributed by atoms with van der Waals surface area (Å²) in [6.07, 6.45) is 1.36. The predicted octanol–water partition coefficient (Wildman–Crippen LogP) is 1.69. The third-order valence-electron chi connectivity index (χ3n) is 2.48. The maximum Gasteiger partial charge on any atom is 0.132 e. The molecule has 0 aliphatic heterocycles. The fraction of sp³-hybridized carbons (Fsp3) is 0.273. The topological polar surface area (TPSA) is 62.0 Å². The van der Waals surface area contributed by atoms with Gasteiger partial charge in [-0.05, 0) is 25.1 Å². The van der Waals surface area contributed by atoms with Crippen LogP contribution in [0.2, 0.25) is 0 Å². The van der Waals surface area contributed by atoms with E-state index in [1.54, 1.807) is 18.3 Å². The molecule has 1 aromatic carbocycles.